The second-order valence-corrected chi connectivity index (χ2v) is 6.94. The summed E-state index contributed by atoms with van der Waals surface area (Å²) in [4.78, 5) is 21.5. The molecule has 0 unspecified atom stereocenters. The number of carbonyl (C=O) groups excluding carboxylic acids is 1. The van der Waals surface area contributed by atoms with Gasteiger partial charge in [0.2, 0.25) is 5.91 Å². The third kappa shape index (κ3) is 3.59. The van der Waals surface area contributed by atoms with E-state index in [2.05, 4.69) is 16.0 Å². The topological polar surface area (TPSA) is 69.5 Å². The van der Waals surface area contributed by atoms with Crippen molar-refractivity contribution >= 4 is 11.7 Å². The first kappa shape index (κ1) is 17.3. The van der Waals surface area contributed by atoms with E-state index in [1.165, 1.54) is 0 Å². The van der Waals surface area contributed by atoms with Gasteiger partial charge in [0, 0.05) is 38.3 Å². The fraction of sp³-hybridized carbons (Fsp3) is 0.381. The van der Waals surface area contributed by atoms with Crippen molar-refractivity contribution in [3.05, 3.63) is 53.7 Å². The molecule has 1 aromatic heterocycles. The summed E-state index contributed by atoms with van der Waals surface area (Å²) < 4.78 is 5.80. The molecule has 6 heteroatoms. The first-order valence-corrected chi connectivity index (χ1v) is 9.36. The zero-order valence-corrected chi connectivity index (χ0v) is 15.2. The highest BCUT2D eigenvalue weighted by molar-refractivity contribution is 5.79. The van der Waals surface area contributed by atoms with E-state index < -0.39 is 0 Å². The number of benzene rings is 1. The van der Waals surface area contributed by atoms with Gasteiger partial charge < -0.3 is 14.5 Å². The Morgan fingerprint density at radius 3 is 2.78 bits per heavy atom. The van der Waals surface area contributed by atoms with Crippen molar-refractivity contribution in [2.45, 2.75) is 12.8 Å². The average Bonchev–Trinajstić information content (AvgIpc) is 2.96. The van der Waals surface area contributed by atoms with Crippen LogP contribution in [-0.2, 0) is 11.2 Å². The van der Waals surface area contributed by atoms with Gasteiger partial charge in [-0.2, -0.15) is 5.26 Å². The number of carbonyl (C=O) groups is 1. The molecular formula is C21H22N4O2. The molecule has 3 heterocycles. The molecule has 2 aliphatic rings. The smallest absolute Gasteiger partial charge is 0.226 e. The van der Waals surface area contributed by atoms with Gasteiger partial charge in [0.1, 0.15) is 17.6 Å². The molecule has 0 saturated carbocycles. The Balaban J connectivity index is 1.41. The van der Waals surface area contributed by atoms with Crippen molar-refractivity contribution in [1.82, 2.24) is 9.88 Å². The predicted octanol–water partition coefficient (Wildman–Crippen LogP) is 2.24. The minimum Gasteiger partial charge on any atom is -0.493 e. The summed E-state index contributed by atoms with van der Waals surface area (Å²) >= 11 is 0. The molecule has 0 spiro atoms. The summed E-state index contributed by atoms with van der Waals surface area (Å²) in [6.45, 7) is 3.26. The molecule has 1 aromatic carbocycles. The minimum atomic E-state index is -0.0373. The molecule has 138 valence electrons. The number of ether oxygens (including phenoxy) is 1. The predicted molar refractivity (Wildman–Crippen MR) is 101 cm³/mol. The maximum absolute atomic E-state index is 13.1. The van der Waals surface area contributed by atoms with Gasteiger partial charge in [0.15, 0.2) is 0 Å². The maximum atomic E-state index is 13.1. The van der Waals surface area contributed by atoms with E-state index in [9.17, 15) is 10.1 Å². The zero-order valence-electron chi connectivity index (χ0n) is 15.2. The summed E-state index contributed by atoms with van der Waals surface area (Å²) in [7, 11) is 0. The highest BCUT2D eigenvalue weighted by atomic mass is 16.5. The monoisotopic (exact) mass is 362 g/mol. The number of fused-ring (bicyclic) bond motifs is 1. The third-order valence-corrected chi connectivity index (χ3v) is 5.31. The Hall–Kier alpha value is -3.07. The summed E-state index contributed by atoms with van der Waals surface area (Å²) in [5.41, 5.74) is 1.69. The van der Waals surface area contributed by atoms with E-state index in [0.717, 1.165) is 24.2 Å². The van der Waals surface area contributed by atoms with Crippen LogP contribution in [0.2, 0.25) is 0 Å². The van der Waals surface area contributed by atoms with Gasteiger partial charge in [-0.1, -0.05) is 18.2 Å². The number of amides is 1. The van der Waals surface area contributed by atoms with Crippen molar-refractivity contribution < 1.29 is 9.53 Å². The van der Waals surface area contributed by atoms with Crippen molar-refractivity contribution in [3.63, 3.8) is 0 Å². The van der Waals surface area contributed by atoms with Crippen LogP contribution in [0.5, 0.6) is 5.75 Å². The molecule has 0 radical (unpaired) electrons. The number of aromatic nitrogens is 1. The van der Waals surface area contributed by atoms with Crippen LogP contribution in [0, 0.1) is 17.2 Å². The number of para-hydroxylation sites is 1. The second-order valence-electron chi connectivity index (χ2n) is 6.94. The molecular weight excluding hydrogens is 340 g/mol. The minimum absolute atomic E-state index is 0.0373. The molecule has 1 amide bonds. The van der Waals surface area contributed by atoms with Gasteiger partial charge in [0.05, 0.1) is 12.2 Å². The van der Waals surface area contributed by atoms with Crippen LogP contribution in [0.1, 0.15) is 17.5 Å². The average molecular weight is 362 g/mol. The number of rotatable bonds is 2. The summed E-state index contributed by atoms with van der Waals surface area (Å²) in [6.07, 6.45) is 3.18. The van der Waals surface area contributed by atoms with Gasteiger partial charge in [0.25, 0.3) is 0 Å². The number of anilines is 1. The van der Waals surface area contributed by atoms with Gasteiger partial charge in [-0.25, -0.2) is 4.98 Å². The van der Waals surface area contributed by atoms with E-state index in [-0.39, 0.29) is 11.8 Å². The normalized spacial score (nSPS) is 19.4. The SMILES string of the molecule is N#Cc1cccnc1N1CCN(C(=O)[C@@H]2CCOc3ccccc3C2)CC1. The van der Waals surface area contributed by atoms with Crippen LogP contribution in [-0.4, -0.2) is 48.6 Å². The fourth-order valence-corrected chi connectivity index (χ4v) is 3.84. The van der Waals surface area contributed by atoms with Gasteiger partial charge >= 0.3 is 0 Å². The molecule has 0 N–H and O–H groups in total. The maximum Gasteiger partial charge on any atom is 0.226 e. The Kier molecular flexibility index (Phi) is 4.93. The molecule has 4 rings (SSSR count). The zero-order chi connectivity index (χ0) is 18.6. The Morgan fingerprint density at radius 1 is 1.15 bits per heavy atom. The molecule has 1 saturated heterocycles. The number of hydrogen-bond donors (Lipinski definition) is 0. The summed E-state index contributed by atoms with van der Waals surface area (Å²) in [5, 5.41) is 9.27. The van der Waals surface area contributed by atoms with Crippen LogP contribution < -0.4 is 9.64 Å². The van der Waals surface area contributed by atoms with Gasteiger partial charge in [-0.3, -0.25) is 4.79 Å². The Labute approximate surface area is 159 Å². The lowest BCUT2D eigenvalue weighted by molar-refractivity contribution is -0.136. The van der Waals surface area contributed by atoms with E-state index in [4.69, 9.17) is 4.74 Å². The number of nitrogens with zero attached hydrogens (tertiary/aromatic N) is 4. The summed E-state index contributed by atoms with van der Waals surface area (Å²) in [5.74, 6) is 1.78. The molecule has 0 aliphatic carbocycles. The largest absolute Gasteiger partial charge is 0.493 e. The van der Waals surface area contributed by atoms with E-state index in [1.807, 2.05) is 29.2 Å². The quantitative estimate of drug-likeness (QED) is 0.819. The van der Waals surface area contributed by atoms with E-state index in [1.54, 1.807) is 18.3 Å². The standard InChI is InChI=1S/C21H22N4O2/c22-15-18-5-3-8-23-20(18)24-9-11-25(12-10-24)21(26)17-7-13-27-19-6-2-1-4-16(19)14-17/h1-6,8,17H,7,9-14H2/t17-/m1/s1. The second kappa shape index (κ2) is 7.67. The van der Waals surface area contributed by atoms with E-state index in [0.29, 0.717) is 44.2 Å². The number of pyridine rings is 1. The fourth-order valence-electron chi connectivity index (χ4n) is 3.84. The Morgan fingerprint density at radius 2 is 1.96 bits per heavy atom. The lowest BCUT2D eigenvalue weighted by atomic mass is 9.95. The van der Waals surface area contributed by atoms with Crippen LogP contribution in [0.3, 0.4) is 0 Å². The molecule has 1 atom stereocenters. The Bertz CT molecular complexity index is 868. The number of hydrogen-bond acceptors (Lipinski definition) is 5. The lowest BCUT2D eigenvalue weighted by Gasteiger charge is -2.37. The molecule has 6 nitrogen and oxygen atoms in total. The van der Waals surface area contributed by atoms with Crippen molar-refractivity contribution in [2.24, 2.45) is 5.92 Å². The van der Waals surface area contributed by atoms with Crippen LogP contribution in [0.25, 0.3) is 0 Å². The third-order valence-electron chi connectivity index (χ3n) is 5.31. The number of nitriles is 1. The molecule has 1 fully saturated rings. The van der Waals surface area contributed by atoms with Crippen LogP contribution >= 0.6 is 0 Å². The van der Waals surface area contributed by atoms with E-state index >= 15 is 0 Å². The highest BCUT2D eigenvalue weighted by Crippen LogP contribution is 2.28. The van der Waals surface area contributed by atoms with Crippen molar-refractivity contribution in [1.29, 1.82) is 5.26 Å². The first-order valence-electron chi connectivity index (χ1n) is 9.36. The van der Waals surface area contributed by atoms with Gasteiger partial charge in [-0.05, 0) is 36.6 Å². The highest BCUT2D eigenvalue weighted by Gasteiger charge is 2.30. The molecule has 2 aliphatic heterocycles. The van der Waals surface area contributed by atoms with Crippen LogP contribution in [0.4, 0.5) is 5.82 Å². The summed E-state index contributed by atoms with van der Waals surface area (Å²) in [6, 6.07) is 13.7. The number of piperazine rings is 1. The molecule has 2 aromatic rings. The van der Waals surface area contributed by atoms with Gasteiger partial charge in [-0.15, -0.1) is 0 Å². The van der Waals surface area contributed by atoms with Crippen LogP contribution in [0.15, 0.2) is 42.6 Å². The lowest BCUT2D eigenvalue weighted by Crippen LogP contribution is -2.51. The van der Waals surface area contributed by atoms with Crippen molar-refractivity contribution in [2.75, 3.05) is 37.7 Å². The molecule has 0 bridgehead atoms. The first-order chi connectivity index (χ1) is 13.3. The molecule has 27 heavy (non-hydrogen) atoms. The van der Waals surface area contributed by atoms with Crippen molar-refractivity contribution in [3.8, 4) is 11.8 Å².